The van der Waals surface area contributed by atoms with Crippen molar-refractivity contribution < 1.29 is 4.92 Å². The van der Waals surface area contributed by atoms with Gasteiger partial charge in [-0.25, -0.2) is 4.98 Å². The van der Waals surface area contributed by atoms with E-state index in [9.17, 15) is 10.1 Å². The van der Waals surface area contributed by atoms with E-state index in [0.717, 1.165) is 11.5 Å². The van der Waals surface area contributed by atoms with Crippen molar-refractivity contribution in [1.29, 1.82) is 0 Å². The van der Waals surface area contributed by atoms with Crippen molar-refractivity contribution in [3.05, 3.63) is 58.8 Å². The van der Waals surface area contributed by atoms with Crippen molar-refractivity contribution in [1.82, 2.24) is 15.0 Å². The molecule has 0 radical (unpaired) electrons. The minimum Gasteiger partial charge on any atom is -0.376 e. The lowest BCUT2D eigenvalue weighted by Crippen LogP contribution is -2.03. The van der Waals surface area contributed by atoms with Gasteiger partial charge in [0.05, 0.1) is 22.5 Å². The molecule has 100 valence electrons. The lowest BCUT2D eigenvalue weighted by atomic mass is 10.1. The molecule has 7 nitrogen and oxygen atoms in total. The molecule has 0 aliphatic rings. The van der Waals surface area contributed by atoms with Crippen LogP contribution in [0.25, 0.3) is 10.9 Å². The smallest absolute Gasteiger partial charge is 0.278 e. The predicted molar refractivity (Wildman–Crippen MR) is 74.3 cm³/mol. The van der Waals surface area contributed by atoms with E-state index in [0.29, 0.717) is 17.4 Å². The first-order valence-electron chi connectivity index (χ1n) is 6.00. The van der Waals surface area contributed by atoms with Gasteiger partial charge in [-0.2, -0.15) is 0 Å². The zero-order valence-corrected chi connectivity index (χ0v) is 10.4. The van der Waals surface area contributed by atoms with Gasteiger partial charge in [-0.05, 0) is 18.2 Å². The fraction of sp³-hybridized carbons (Fsp3) is 0.0769. The van der Waals surface area contributed by atoms with Gasteiger partial charge in [0.25, 0.3) is 5.69 Å². The van der Waals surface area contributed by atoms with Crippen molar-refractivity contribution in [2.24, 2.45) is 0 Å². The summed E-state index contributed by atoms with van der Waals surface area (Å²) in [6, 6.07) is 6.52. The Morgan fingerprint density at radius 2 is 2.15 bits per heavy atom. The van der Waals surface area contributed by atoms with Gasteiger partial charge in [-0.3, -0.25) is 15.1 Å². The Labute approximate surface area is 113 Å². The molecule has 0 atom stereocenters. The average molecular weight is 269 g/mol. The third kappa shape index (κ3) is 2.16. The van der Waals surface area contributed by atoms with Gasteiger partial charge in [0, 0.05) is 24.7 Å². The predicted octanol–water partition coefficient (Wildman–Crippen LogP) is 2.48. The van der Waals surface area contributed by atoms with Crippen LogP contribution in [0.1, 0.15) is 5.82 Å². The van der Waals surface area contributed by atoms with Gasteiger partial charge >= 0.3 is 0 Å². The van der Waals surface area contributed by atoms with E-state index >= 15 is 0 Å². The van der Waals surface area contributed by atoms with E-state index in [-0.39, 0.29) is 5.69 Å². The number of aromatic nitrogens is 3. The summed E-state index contributed by atoms with van der Waals surface area (Å²) >= 11 is 0. The Hall–Kier alpha value is -2.96. The molecule has 0 unspecified atom stereocenters. The number of anilines is 1. The van der Waals surface area contributed by atoms with Crippen LogP contribution in [0.4, 0.5) is 11.4 Å². The van der Waals surface area contributed by atoms with Crippen molar-refractivity contribution in [3.8, 4) is 0 Å². The molecule has 0 amide bonds. The number of nitro benzene ring substituents is 1. The summed E-state index contributed by atoms with van der Waals surface area (Å²) in [5.74, 6) is 0.785. The number of nitro groups is 1. The van der Waals surface area contributed by atoms with Crippen LogP contribution in [0.3, 0.4) is 0 Å². The molecule has 2 aromatic heterocycles. The van der Waals surface area contributed by atoms with Gasteiger partial charge in [0.1, 0.15) is 11.3 Å². The Kier molecular flexibility index (Phi) is 3.00. The summed E-state index contributed by atoms with van der Waals surface area (Å²) in [7, 11) is 0. The Bertz CT molecular complexity index is 755. The third-order valence-electron chi connectivity index (χ3n) is 2.94. The highest BCUT2D eigenvalue weighted by atomic mass is 16.6. The Morgan fingerprint density at radius 3 is 2.90 bits per heavy atom. The summed E-state index contributed by atoms with van der Waals surface area (Å²) in [6.07, 6.45) is 5.02. The van der Waals surface area contributed by atoms with Crippen LogP contribution in [0.2, 0.25) is 0 Å². The number of aromatic amines is 1. The van der Waals surface area contributed by atoms with Crippen molar-refractivity contribution in [2.75, 3.05) is 5.32 Å². The number of hydrogen-bond donors (Lipinski definition) is 2. The number of fused-ring (bicyclic) bond motifs is 1. The lowest BCUT2D eigenvalue weighted by Gasteiger charge is -2.08. The number of imidazole rings is 1. The number of non-ortho nitro benzene ring substituents is 1. The lowest BCUT2D eigenvalue weighted by molar-refractivity contribution is -0.383. The van der Waals surface area contributed by atoms with E-state index in [1.807, 2.05) is 0 Å². The molecule has 20 heavy (non-hydrogen) atoms. The van der Waals surface area contributed by atoms with Gasteiger partial charge in [-0.1, -0.05) is 0 Å². The SMILES string of the molecule is O=[N+]([O-])c1ccc(NCc2ncc[nH]2)c2ncccc12. The van der Waals surface area contributed by atoms with Crippen LogP contribution in [0.15, 0.2) is 42.9 Å². The number of rotatable bonds is 4. The summed E-state index contributed by atoms with van der Waals surface area (Å²) in [5, 5.41) is 14.7. The standard InChI is InChI=1S/C13H11N5O2/c19-18(20)11-4-3-10(13-9(11)2-1-5-16-13)17-8-12-14-6-7-15-12/h1-7,17H,8H2,(H,14,15). The summed E-state index contributed by atoms with van der Waals surface area (Å²) in [5.41, 5.74) is 1.37. The topological polar surface area (TPSA) is 96.7 Å². The van der Waals surface area contributed by atoms with E-state index < -0.39 is 4.92 Å². The second-order valence-electron chi connectivity index (χ2n) is 4.18. The molecule has 2 heterocycles. The van der Waals surface area contributed by atoms with Crippen LogP contribution in [-0.4, -0.2) is 19.9 Å². The zero-order chi connectivity index (χ0) is 13.9. The molecule has 1 aromatic carbocycles. The van der Waals surface area contributed by atoms with Gasteiger partial charge < -0.3 is 10.3 Å². The number of hydrogen-bond acceptors (Lipinski definition) is 5. The Morgan fingerprint density at radius 1 is 1.25 bits per heavy atom. The van der Waals surface area contributed by atoms with Crippen molar-refractivity contribution in [3.63, 3.8) is 0 Å². The van der Waals surface area contributed by atoms with E-state index in [1.165, 1.54) is 6.07 Å². The fourth-order valence-corrected chi connectivity index (χ4v) is 2.03. The molecular weight excluding hydrogens is 258 g/mol. The molecule has 0 saturated heterocycles. The maximum atomic E-state index is 11.0. The second-order valence-corrected chi connectivity index (χ2v) is 4.18. The maximum absolute atomic E-state index is 11.0. The molecule has 2 N–H and O–H groups in total. The van der Waals surface area contributed by atoms with Crippen molar-refractivity contribution in [2.45, 2.75) is 6.54 Å². The van der Waals surface area contributed by atoms with Crippen molar-refractivity contribution >= 4 is 22.3 Å². The molecular formula is C13H11N5O2. The number of H-pyrrole nitrogens is 1. The minimum atomic E-state index is -0.402. The second kappa shape index (κ2) is 4.96. The third-order valence-corrected chi connectivity index (χ3v) is 2.94. The van der Waals surface area contributed by atoms with E-state index in [4.69, 9.17) is 0 Å². The molecule has 0 aliphatic carbocycles. The van der Waals surface area contributed by atoms with Gasteiger partial charge in [0.2, 0.25) is 0 Å². The van der Waals surface area contributed by atoms with Crippen LogP contribution in [0, 0.1) is 10.1 Å². The van der Waals surface area contributed by atoms with Crippen LogP contribution < -0.4 is 5.32 Å². The molecule has 3 aromatic rings. The highest BCUT2D eigenvalue weighted by Gasteiger charge is 2.14. The summed E-state index contributed by atoms with van der Waals surface area (Å²) in [4.78, 5) is 21.9. The molecule has 0 bridgehead atoms. The molecule has 0 aliphatic heterocycles. The first-order valence-corrected chi connectivity index (χ1v) is 6.00. The van der Waals surface area contributed by atoms with Gasteiger partial charge in [-0.15, -0.1) is 0 Å². The van der Waals surface area contributed by atoms with E-state index in [2.05, 4.69) is 20.3 Å². The fourth-order valence-electron chi connectivity index (χ4n) is 2.03. The molecule has 0 fully saturated rings. The highest BCUT2D eigenvalue weighted by molar-refractivity contribution is 5.96. The number of pyridine rings is 1. The largest absolute Gasteiger partial charge is 0.376 e. The zero-order valence-electron chi connectivity index (χ0n) is 10.4. The van der Waals surface area contributed by atoms with Crippen LogP contribution >= 0.6 is 0 Å². The average Bonchev–Trinajstić information content (AvgIpc) is 2.97. The number of benzene rings is 1. The first-order chi connectivity index (χ1) is 9.75. The molecule has 7 heteroatoms. The monoisotopic (exact) mass is 269 g/mol. The Balaban J connectivity index is 1.99. The molecule has 3 rings (SSSR count). The van der Waals surface area contributed by atoms with E-state index in [1.54, 1.807) is 36.8 Å². The molecule has 0 spiro atoms. The quantitative estimate of drug-likeness (QED) is 0.560. The van der Waals surface area contributed by atoms with Crippen LogP contribution in [0.5, 0.6) is 0 Å². The summed E-state index contributed by atoms with van der Waals surface area (Å²) in [6.45, 7) is 0.497. The maximum Gasteiger partial charge on any atom is 0.278 e. The molecule has 0 saturated carbocycles. The summed E-state index contributed by atoms with van der Waals surface area (Å²) < 4.78 is 0. The van der Waals surface area contributed by atoms with Crippen LogP contribution in [-0.2, 0) is 6.54 Å². The minimum absolute atomic E-state index is 0.0525. The first kappa shape index (κ1) is 12.1. The number of nitrogens with one attached hydrogen (secondary N) is 2. The normalized spacial score (nSPS) is 10.6. The van der Waals surface area contributed by atoms with Gasteiger partial charge in [0.15, 0.2) is 0 Å². The number of nitrogens with zero attached hydrogens (tertiary/aromatic N) is 3. The highest BCUT2D eigenvalue weighted by Crippen LogP contribution is 2.29.